The number of rotatable bonds is 11. The molecule has 0 fully saturated rings. The lowest BCUT2D eigenvalue weighted by atomic mass is 9.81. The molecule has 4 N–H and O–H groups in total. The van der Waals surface area contributed by atoms with Gasteiger partial charge in [-0.05, 0) is 41.9 Å². The Morgan fingerprint density at radius 3 is 2.07 bits per heavy atom. The van der Waals surface area contributed by atoms with Crippen molar-refractivity contribution in [1.82, 2.24) is 5.32 Å². The molecule has 0 saturated heterocycles. The fraction of sp³-hybridized carbons (Fsp3) is 0.609. The molecule has 0 saturated carbocycles. The van der Waals surface area contributed by atoms with Gasteiger partial charge in [-0.1, -0.05) is 46.8 Å². The van der Waals surface area contributed by atoms with E-state index in [1.54, 1.807) is 38.1 Å². The van der Waals surface area contributed by atoms with E-state index in [4.69, 9.17) is 0 Å². The summed E-state index contributed by atoms with van der Waals surface area (Å²) >= 11 is 0. The van der Waals surface area contributed by atoms with Crippen LogP contribution in [-0.4, -0.2) is 45.6 Å². The Balaban J connectivity index is 2.94. The molecule has 3 unspecified atom stereocenters. The minimum Gasteiger partial charge on any atom is -0.508 e. The van der Waals surface area contributed by atoms with Crippen LogP contribution in [0.15, 0.2) is 24.3 Å². The molecule has 3 atom stereocenters. The third-order valence-corrected chi connectivity index (χ3v) is 5.08. The Kier molecular flexibility index (Phi) is 9.49. The number of aliphatic carboxylic acids is 1. The minimum atomic E-state index is -1.14. The van der Waals surface area contributed by atoms with Gasteiger partial charge in [0.15, 0.2) is 5.78 Å². The van der Waals surface area contributed by atoms with Gasteiger partial charge in [0.2, 0.25) is 5.91 Å². The zero-order valence-corrected chi connectivity index (χ0v) is 18.5. The van der Waals surface area contributed by atoms with Crippen LogP contribution in [0, 0.1) is 23.2 Å². The molecule has 1 aromatic rings. The Morgan fingerprint density at radius 2 is 1.63 bits per heavy atom. The van der Waals surface area contributed by atoms with E-state index in [2.05, 4.69) is 5.32 Å². The topological polar surface area (TPSA) is 124 Å². The molecule has 30 heavy (non-hydrogen) atoms. The van der Waals surface area contributed by atoms with Crippen molar-refractivity contribution < 1.29 is 29.7 Å². The number of hydrogen-bond acceptors (Lipinski definition) is 5. The Labute approximate surface area is 178 Å². The molecule has 0 aliphatic carbocycles. The number of aliphatic hydroxyl groups excluding tert-OH is 1. The molecule has 0 spiro atoms. The second-order valence-electron chi connectivity index (χ2n) is 9.44. The number of ketones is 1. The lowest BCUT2D eigenvalue weighted by Gasteiger charge is -2.27. The van der Waals surface area contributed by atoms with Gasteiger partial charge in [0, 0.05) is 12.3 Å². The lowest BCUT2D eigenvalue weighted by Crippen LogP contribution is -2.47. The zero-order valence-electron chi connectivity index (χ0n) is 18.5. The molecular weight excluding hydrogens is 386 g/mol. The van der Waals surface area contributed by atoms with Gasteiger partial charge in [-0.25, -0.2) is 0 Å². The number of Topliss-reactive ketones (excluding diaryl/α,β-unsaturated/α-hetero) is 1. The molecule has 1 aromatic carbocycles. The summed E-state index contributed by atoms with van der Waals surface area (Å²) in [6.45, 7) is 8.89. The molecule has 0 bridgehead atoms. The van der Waals surface area contributed by atoms with E-state index in [-0.39, 0.29) is 29.4 Å². The first-order valence-electron chi connectivity index (χ1n) is 10.3. The smallest absolute Gasteiger partial charge is 0.307 e. The largest absolute Gasteiger partial charge is 0.508 e. The van der Waals surface area contributed by atoms with E-state index in [0.29, 0.717) is 12.8 Å². The molecule has 168 valence electrons. The van der Waals surface area contributed by atoms with Gasteiger partial charge >= 0.3 is 5.97 Å². The number of aliphatic hydroxyl groups is 1. The number of hydrogen-bond donors (Lipinski definition) is 4. The standard InChI is InChI=1S/C23H35NO6/c1-14(2)18(22(29)30)11-20(27)19(13-25)24-21(28)16(12-23(3,4)5)10-15-6-8-17(26)9-7-15/h6-9,14,16,18-19,25-26H,10-13H2,1-5H3,(H,24,28)(H,29,30). The van der Waals surface area contributed by atoms with Crippen molar-refractivity contribution in [2.24, 2.45) is 23.2 Å². The second-order valence-corrected chi connectivity index (χ2v) is 9.44. The van der Waals surface area contributed by atoms with Crippen LogP contribution in [-0.2, 0) is 20.8 Å². The monoisotopic (exact) mass is 421 g/mol. The van der Waals surface area contributed by atoms with E-state index in [1.807, 2.05) is 20.8 Å². The van der Waals surface area contributed by atoms with Crippen LogP contribution in [0.1, 0.15) is 53.0 Å². The number of nitrogens with one attached hydrogen (secondary N) is 1. The summed E-state index contributed by atoms with van der Waals surface area (Å²) in [6, 6.07) is 5.46. The van der Waals surface area contributed by atoms with Crippen LogP contribution >= 0.6 is 0 Å². The Hall–Kier alpha value is -2.41. The summed E-state index contributed by atoms with van der Waals surface area (Å²) in [5, 5.41) is 31.1. The first kappa shape index (κ1) is 25.6. The van der Waals surface area contributed by atoms with E-state index in [0.717, 1.165) is 5.56 Å². The van der Waals surface area contributed by atoms with Crippen molar-refractivity contribution >= 4 is 17.7 Å². The van der Waals surface area contributed by atoms with Gasteiger partial charge < -0.3 is 20.6 Å². The summed E-state index contributed by atoms with van der Waals surface area (Å²) in [7, 11) is 0. The molecule has 0 radical (unpaired) electrons. The average molecular weight is 422 g/mol. The maximum atomic E-state index is 13.0. The normalized spacial score (nSPS) is 14.8. The fourth-order valence-corrected chi connectivity index (χ4v) is 3.40. The minimum absolute atomic E-state index is 0.139. The number of phenolic OH excluding ortho intramolecular Hbond substituents is 1. The van der Waals surface area contributed by atoms with Crippen molar-refractivity contribution in [3.05, 3.63) is 29.8 Å². The van der Waals surface area contributed by atoms with Crippen molar-refractivity contribution in [2.75, 3.05) is 6.61 Å². The molecule has 7 nitrogen and oxygen atoms in total. The van der Waals surface area contributed by atoms with Crippen molar-refractivity contribution in [3.8, 4) is 5.75 Å². The Bertz CT molecular complexity index is 720. The highest BCUT2D eigenvalue weighted by Gasteiger charge is 2.31. The van der Waals surface area contributed by atoms with Crippen LogP contribution in [0.5, 0.6) is 5.75 Å². The highest BCUT2D eigenvalue weighted by atomic mass is 16.4. The molecular formula is C23H35NO6. The molecule has 0 aliphatic rings. The van der Waals surface area contributed by atoms with Crippen LogP contribution < -0.4 is 5.32 Å². The third-order valence-electron chi connectivity index (χ3n) is 5.08. The van der Waals surface area contributed by atoms with Gasteiger partial charge in [-0.3, -0.25) is 14.4 Å². The summed E-state index contributed by atoms with van der Waals surface area (Å²) in [4.78, 5) is 36.9. The molecule has 1 rings (SSSR count). The maximum absolute atomic E-state index is 13.0. The summed E-state index contributed by atoms with van der Waals surface area (Å²) in [5.74, 6) is -3.35. The number of carbonyl (C=O) groups excluding carboxylic acids is 2. The highest BCUT2D eigenvalue weighted by Crippen LogP contribution is 2.28. The van der Waals surface area contributed by atoms with E-state index < -0.39 is 36.2 Å². The maximum Gasteiger partial charge on any atom is 0.307 e. The average Bonchev–Trinajstić information content (AvgIpc) is 2.63. The van der Waals surface area contributed by atoms with Crippen molar-refractivity contribution in [1.29, 1.82) is 0 Å². The first-order chi connectivity index (χ1) is 13.8. The first-order valence-corrected chi connectivity index (χ1v) is 10.3. The highest BCUT2D eigenvalue weighted by molar-refractivity contribution is 5.92. The number of carboxylic acids is 1. The van der Waals surface area contributed by atoms with Crippen LogP contribution in [0.3, 0.4) is 0 Å². The number of carboxylic acid groups (broad SMARTS) is 1. The number of amides is 1. The third kappa shape index (κ3) is 8.53. The summed E-state index contributed by atoms with van der Waals surface area (Å²) in [5.41, 5.74) is 0.721. The van der Waals surface area contributed by atoms with Gasteiger partial charge in [0.1, 0.15) is 11.8 Å². The van der Waals surface area contributed by atoms with Crippen LogP contribution in [0.2, 0.25) is 0 Å². The fourth-order valence-electron chi connectivity index (χ4n) is 3.40. The summed E-state index contributed by atoms with van der Waals surface area (Å²) in [6.07, 6.45) is 0.718. The zero-order chi connectivity index (χ0) is 23.1. The van der Waals surface area contributed by atoms with Gasteiger partial charge in [0.25, 0.3) is 0 Å². The van der Waals surface area contributed by atoms with Gasteiger partial charge in [0.05, 0.1) is 12.5 Å². The van der Waals surface area contributed by atoms with Gasteiger partial charge in [-0.15, -0.1) is 0 Å². The number of aromatic hydroxyl groups is 1. The predicted octanol–water partition coefficient (Wildman–Crippen LogP) is 2.78. The molecule has 0 heterocycles. The second kappa shape index (κ2) is 11.1. The molecule has 0 aliphatic heterocycles. The Morgan fingerprint density at radius 1 is 1.07 bits per heavy atom. The lowest BCUT2D eigenvalue weighted by molar-refractivity contribution is -0.145. The van der Waals surface area contributed by atoms with Crippen LogP contribution in [0.25, 0.3) is 0 Å². The van der Waals surface area contributed by atoms with Gasteiger partial charge in [-0.2, -0.15) is 0 Å². The number of carbonyl (C=O) groups is 3. The quantitative estimate of drug-likeness (QED) is 0.436. The van der Waals surface area contributed by atoms with E-state index >= 15 is 0 Å². The van der Waals surface area contributed by atoms with E-state index in [9.17, 15) is 29.7 Å². The van der Waals surface area contributed by atoms with Crippen molar-refractivity contribution in [3.63, 3.8) is 0 Å². The number of phenols is 1. The molecule has 1 amide bonds. The molecule has 0 aromatic heterocycles. The molecule has 7 heteroatoms. The van der Waals surface area contributed by atoms with Crippen LogP contribution in [0.4, 0.5) is 0 Å². The summed E-state index contributed by atoms with van der Waals surface area (Å²) < 4.78 is 0. The number of benzene rings is 1. The predicted molar refractivity (Wildman–Crippen MR) is 114 cm³/mol. The van der Waals surface area contributed by atoms with Crippen molar-refractivity contribution in [2.45, 2.75) is 59.9 Å². The van der Waals surface area contributed by atoms with E-state index in [1.165, 1.54) is 0 Å². The SMILES string of the molecule is CC(C)C(CC(=O)C(CO)NC(=O)C(Cc1ccc(O)cc1)CC(C)(C)C)C(=O)O.